The number of aromatic nitrogens is 2. The summed E-state index contributed by atoms with van der Waals surface area (Å²) in [5.41, 5.74) is 1.84. The summed E-state index contributed by atoms with van der Waals surface area (Å²) >= 11 is 0. The fraction of sp³-hybridized carbons (Fsp3) is 0.333. The van der Waals surface area contributed by atoms with Crippen LogP contribution in [-0.4, -0.2) is 46.0 Å². The van der Waals surface area contributed by atoms with Crippen molar-refractivity contribution in [3.05, 3.63) is 60.4 Å². The molecular weight excluding hydrogens is 411 g/mol. The molecule has 2 heterocycles. The van der Waals surface area contributed by atoms with Gasteiger partial charge in [0.2, 0.25) is 5.91 Å². The minimum Gasteiger partial charge on any atom is -0.486 e. The third-order valence-corrected chi connectivity index (χ3v) is 4.96. The molecule has 0 bridgehead atoms. The van der Waals surface area contributed by atoms with Crippen molar-refractivity contribution in [3.8, 4) is 5.75 Å². The molecule has 8 heteroatoms. The van der Waals surface area contributed by atoms with Crippen LogP contribution in [0.15, 0.2) is 54.6 Å². The van der Waals surface area contributed by atoms with E-state index in [9.17, 15) is 4.79 Å². The largest absolute Gasteiger partial charge is 0.486 e. The van der Waals surface area contributed by atoms with Gasteiger partial charge in [-0.25, -0.2) is 4.98 Å². The van der Waals surface area contributed by atoms with Crippen LogP contribution in [0.4, 0.5) is 0 Å². The van der Waals surface area contributed by atoms with E-state index in [4.69, 9.17) is 9.72 Å². The van der Waals surface area contributed by atoms with Crippen molar-refractivity contribution >= 4 is 41.8 Å². The van der Waals surface area contributed by atoms with Gasteiger partial charge in [0, 0.05) is 25.7 Å². The quantitative estimate of drug-likeness (QED) is 0.666. The van der Waals surface area contributed by atoms with Crippen molar-refractivity contribution < 1.29 is 9.53 Å². The summed E-state index contributed by atoms with van der Waals surface area (Å²) in [4.78, 5) is 19.6. The van der Waals surface area contributed by atoms with E-state index >= 15 is 0 Å². The molecule has 1 aliphatic heterocycles. The number of nitrogens with zero attached hydrogens (tertiary/aromatic N) is 3. The molecule has 0 radical (unpaired) electrons. The van der Waals surface area contributed by atoms with Gasteiger partial charge in [0.1, 0.15) is 24.7 Å². The number of ether oxygens (including phenoxy) is 1. The Hall–Kier alpha value is -2.28. The molecule has 29 heavy (non-hydrogen) atoms. The zero-order valence-corrected chi connectivity index (χ0v) is 17.9. The molecule has 0 aliphatic carbocycles. The number of carbonyl (C=O) groups excluding carboxylic acids is 1. The second-order valence-corrected chi connectivity index (χ2v) is 6.84. The lowest BCUT2D eigenvalue weighted by atomic mass is 10.2. The molecule has 0 saturated carbocycles. The maximum atomic E-state index is 13.0. The monoisotopic (exact) mass is 436 g/mol. The second kappa shape index (κ2) is 10.5. The minimum atomic E-state index is 0. The highest BCUT2D eigenvalue weighted by atomic mass is 35.5. The highest BCUT2D eigenvalue weighted by Gasteiger charge is 2.24. The zero-order valence-electron chi connectivity index (χ0n) is 16.3. The summed E-state index contributed by atoms with van der Waals surface area (Å²) in [6, 6.07) is 17.8. The average Bonchev–Trinajstić information content (AvgIpc) is 3.05. The van der Waals surface area contributed by atoms with Crippen LogP contribution in [-0.2, 0) is 17.9 Å². The molecule has 1 N–H and O–H groups in total. The number of rotatable bonds is 5. The summed E-state index contributed by atoms with van der Waals surface area (Å²) in [5.74, 6) is 1.67. The number of carbonyl (C=O) groups is 1. The van der Waals surface area contributed by atoms with E-state index in [0.717, 1.165) is 42.2 Å². The Morgan fingerprint density at radius 3 is 2.62 bits per heavy atom. The molecule has 3 aromatic rings. The summed E-state index contributed by atoms with van der Waals surface area (Å²) < 4.78 is 7.87. The SMILES string of the molecule is C[C@@H]1CNCCN1C(=O)Cn1c(COc2ccccc2)nc2ccccc21.Cl.Cl. The first-order chi connectivity index (χ1) is 13.2. The van der Waals surface area contributed by atoms with Gasteiger partial charge >= 0.3 is 0 Å². The van der Waals surface area contributed by atoms with Crippen LogP contribution in [0.5, 0.6) is 5.75 Å². The molecule has 6 nitrogen and oxygen atoms in total. The van der Waals surface area contributed by atoms with E-state index < -0.39 is 0 Å². The van der Waals surface area contributed by atoms with Gasteiger partial charge in [0.15, 0.2) is 0 Å². The number of amides is 1. The van der Waals surface area contributed by atoms with Gasteiger partial charge in [-0.05, 0) is 31.2 Å². The van der Waals surface area contributed by atoms with Gasteiger partial charge in [-0.2, -0.15) is 0 Å². The van der Waals surface area contributed by atoms with E-state index in [-0.39, 0.29) is 43.3 Å². The van der Waals surface area contributed by atoms with Gasteiger partial charge in [-0.15, -0.1) is 24.8 Å². The van der Waals surface area contributed by atoms with Gasteiger partial charge < -0.3 is 19.5 Å². The van der Waals surface area contributed by atoms with Crippen LogP contribution in [0.2, 0.25) is 0 Å². The van der Waals surface area contributed by atoms with Crippen LogP contribution in [0.25, 0.3) is 11.0 Å². The van der Waals surface area contributed by atoms with Crippen molar-refractivity contribution in [3.63, 3.8) is 0 Å². The molecular formula is C21H26Cl2N4O2. The molecule has 0 spiro atoms. The first-order valence-electron chi connectivity index (χ1n) is 9.34. The number of imidazole rings is 1. The Morgan fingerprint density at radius 2 is 1.86 bits per heavy atom. The van der Waals surface area contributed by atoms with Crippen molar-refractivity contribution in [2.24, 2.45) is 0 Å². The molecule has 1 fully saturated rings. The van der Waals surface area contributed by atoms with Crippen LogP contribution in [0.1, 0.15) is 12.7 Å². The maximum absolute atomic E-state index is 13.0. The van der Waals surface area contributed by atoms with Gasteiger partial charge in [0.05, 0.1) is 11.0 Å². The van der Waals surface area contributed by atoms with Crippen LogP contribution >= 0.6 is 24.8 Å². The molecule has 2 aromatic carbocycles. The zero-order chi connectivity index (χ0) is 18.6. The predicted molar refractivity (Wildman–Crippen MR) is 119 cm³/mol. The molecule has 1 aliphatic rings. The van der Waals surface area contributed by atoms with Crippen LogP contribution in [0.3, 0.4) is 0 Å². The van der Waals surface area contributed by atoms with Crippen molar-refractivity contribution in [2.75, 3.05) is 19.6 Å². The van der Waals surface area contributed by atoms with E-state index in [1.807, 2.05) is 64.1 Å². The number of benzene rings is 2. The third kappa shape index (κ3) is 5.21. The van der Waals surface area contributed by atoms with Crippen molar-refractivity contribution in [1.29, 1.82) is 0 Å². The highest BCUT2D eigenvalue weighted by Crippen LogP contribution is 2.19. The second-order valence-electron chi connectivity index (χ2n) is 6.84. The Morgan fingerprint density at radius 1 is 1.14 bits per heavy atom. The molecule has 1 atom stereocenters. The number of halogens is 2. The molecule has 4 rings (SSSR count). The summed E-state index contributed by atoms with van der Waals surface area (Å²) in [5, 5.41) is 3.32. The topological polar surface area (TPSA) is 59.4 Å². The fourth-order valence-electron chi connectivity index (χ4n) is 3.51. The highest BCUT2D eigenvalue weighted by molar-refractivity contribution is 5.85. The molecule has 1 amide bonds. The lowest BCUT2D eigenvalue weighted by Crippen LogP contribution is -2.53. The Kier molecular flexibility index (Phi) is 8.32. The number of hydrogen-bond donors (Lipinski definition) is 1. The summed E-state index contributed by atoms with van der Waals surface area (Å²) in [6.45, 7) is 5.09. The fourth-order valence-corrected chi connectivity index (χ4v) is 3.51. The smallest absolute Gasteiger partial charge is 0.242 e. The van der Waals surface area contributed by atoms with Gasteiger partial charge in [-0.3, -0.25) is 4.79 Å². The lowest BCUT2D eigenvalue weighted by Gasteiger charge is -2.34. The van der Waals surface area contributed by atoms with E-state index in [1.54, 1.807) is 0 Å². The number of hydrogen-bond acceptors (Lipinski definition) is 4. The third-order valence-electron chi connectivity index (χ3n) is 4.96. The molecule has 156 valence electrons. The summed E-state index contributed by atoms with van der Waals surface area (Å²) in [6.07, 6.45) is 0. The first-order valence-corrected chi connectivity index (χ1v) is 9.34. The Balaban J connectivity index is 0.00000150. The van der Waals surface area contributed by atoms with E-state index in [0.29, 0.717) is 6.61 Å². The number of fused-ring (bicyclic) bond motifs is 1. The van der Waals surface area contributed by atoms with Gasteiger partial charge in [0.25, 0.3) is 0 Å². The molecule has 0 unspecified atom stereocenters. The normalized spacial score (nSPS) is 16.0. The van der Waals surface area contributed by atoms with Gasteiger partial charge in [-0.1, -0.05) is 30.3 Å². The van der Waals surface area contributed by atoms with Crippen molar-refractivity contribution in [1.82, 2.24) is 19.8 Å². The average molecular weight is 437 g/mol. The number of nitrogens with one attached hydrogen (secondary N) is 1. The van der Waals surface area contributed by atoms with Crippen LogP contribution in [0, 0.1) is 0 Å². The Bertz CT molecular complexity index is 933. The molecule has 1 saturated heterocycles. The minimum absolute atomic E-state index is 0. The summed E-state index contributed by atoms with van der Waals surface area (Å²) in [7, 11) is 0. The predicted octanol–water partition coefficient (Wildman–Crippen LogP) is 3.28. The van der Waals surface area contributed by atoms with E-state index in [1.165, 1.54) is 0 Å². The lowest BCUT2D eigenvalue weighted by molar-refractivity contribution is -0.134. The first kappa shape index (κ1) is 23.0. The van der Waals surface area contributed by atoms with E-state index in [2.05, 4.69) is 12.2 Å². The standard InChI is InChI=1S/C21H24N4O2.2ClH/c1-16-13-22-11-12-24(16)21(26)14-25-19-10-6-5-9-18(19)23-20(25)15-27-17-7-3-2-4-8-17;;/h2-10,16,22H,11-15H2,1H3;2*1H/t16-;;/m1../s1. The number of piperazine rings is 1. The maximum Gasteiger partial charge on any atom is 0.242 e. The number of para-hydroxylation sites is 3. The van der Waals surface area contributed by atoms with Crippen molar-refractivity contribution in [2.45, 2.75) is 26.1 Å². The Labute approximate surface area is 183 Å². The van der Waals surface area contributed by atoms with Crippen LogP contribution < -0.4 is 10.1 Å². The molecule has 1 aromatic heterocycles.